The summed E-state index contributed by atoms with van der Waals surface area (Å²) < 4.78 is 43.4. The van der Waals surface area contributed by atoms with Gasteiger partial charge in [0.25, 0.3) is 0 Å². The van der Waals surface area contributed by atoms with Gasteiger partial charge in [-0.3, -0.25) is 0 Å². The lowest BCUT2D eigenvalue weighted by Crippen LogP contribution is -2.17. The summed E-state index contributed by atoms with van der Waals surface area (Å²) in [6, 6.07) is 6.32. The van der Waals surface area contributed by atoms with Crippen molar-refractivity contribution in [2.24, 2.45) is 5.16 Å². The van der Waals surface area contributed by atoms with E-state index in [-0.39, 0.29) is 28.6 Å². The van der Waals surface area contributed by atoms with Gasteiger partial charge in [-0.2, -0.15) is 18.2 Å². The normalized spacial score (nSPS) is 12.1. The summed E-state index contributed by atoms with van der Waals surface area (Å²) in [6.07, 6.45) is -4.55. The first kappa shape index (κ1) is 18.7. The molecule has 0 aliphatic carbocycles. The lowest BCUT2D eigenvalue weighted by atomic mass is 10.0. The van der Waals surface area contributed by atoms with Crippen molar-refractivity contribution in [3.05, 3.63) is 45.3 Å². The second-order valence-electron chi connectivity index (χ2n) is 4.75. The maximum Gasteiger partial charge on any atom is 0.443 e. The molecule has 6 nitrogen and oxygen atoms in total. The fourth-order valence-corrected chi connectivity index (χ4v) is 2.68. The number of thiazole rings is 1. The monoisotopic (exact) mass is 374 g/mol. The summed E-state index contributed by atoms with van der Waals surface area (Å²) in [6.45, 7) is 1.29. The van der Waals surface area contributed by atoms with Crippen LogP contribution < -0.4 is 4.74 Å². The quantitative estimate of drug-likeness (QED) is 0.618. The van der Waals surface area contributed by atoms with Gasteiger partial charge < -0.3 is 14.7 Å². The molecule has 1 aromatic carbocycles. The fourth-order valence-electron chi connectivity index (χ4n) is 1.96. The Morgan fingerprint density at radius 3 is 2.60 bits per heavy atom. The molecule has 0 fully saturated rings. The highest BCUT2D eigenvalue weighted by Gasteiger charge is 2.36. The summed E-state index contributed by atoms with van der Waals surface area (Å²) >= 11 is 0.481. The molecule has 0 saturated heterocycles. The standard InChI is InChI=1S/C15H13F3N2O4S/c1-8-12(19-14(25-8)15(16,17)18)24-7-9-5-3-4-6-10(9)11(13(21)22)20-23-2/h3-6H,7H2,1-2H3,(H,21,22). The number of carboxylic acids is 1. The third-order valence-electron chi connectivity index (χ3n) is 3.02. The van der Waals surface area contributed by atoms with Gasteiger partial charge in [0.15, 0.2) is 5.71 Å². The maximum atomic E-state index is 12.7. The number of benzene rings is 1. The number of hydrogen-bond donors (Lipinski definition) is 1. The number of hydrogen-bond acceptors (Lipinski definition) is 6. The van der Waals surface area contributed by atoms with Gasteiger partial charge >= 0.3 is 12.1 Å². The number of carboxylic acid groups (broad SMARTS) is 1. The molecule has 0 spiro atoms. The first-order chi connectivity index (χ1) is 11.7. The van der Waals surface area contributed by atoms with E-state index in [9.17, 15) is 23.1 Å². The van der Waals surface area contributed by atoms with E-state index in [2.05, 4.69) is 15.0 Å². The van der Waals surface area contributed by atoms with Gasteiger partial charge in [-0.05, 0) is 12.5 Å². The van der Waals surface area contributed by atoms with Crippen molar-refractivity contribution in [2.45, 2.75) is 19.7 Å². The highest BCUT2D eigenvalue weighted by molar-refractivity contribution is 7.11. The average Bonchev–Trinajstić information content (AvgIpc) is 2.92. The number of aromatic nitrogens is 1. The Kier molecular flexibility index (Phi) is 5.62. The molecule has 1 N–H and O–H groups in total. The second kappa shape index (κ2) is 7.51. The van der Waals surface area contributed by atoms with E-state index in [0.717, 1.165) is 0 Å². The molecule has 10 heteroatoms. The van der Waals surface area contributed by atoms with Crippen molar-refractivity contribution in [3.63, 3.8) is 0 Å². The highest BCUT2D eigenvalue weighted by Crippen LogP contribution is 2.36. The largest absolute Gasteiger partial charge is 0.476 e. The molecule has 0 aliphatic rings. The van der Waals surface area contributed by atoms with Gasteiger partial charge in [0.2, 0.25) is 10.9 Å². The van der Waals surface area contributed by atoms with Gasteiger partial charge in [0, 0.05) is 5.56 Å². The van der Waals surface area contributed by atoms with E-state index >= 15 is 0 Å². The van der Waals surface area contributed by atoms with Crippen molar-refractivity contribution >= 4 is 23.0 Å². The zero-order valence-corrected chi connectivity index (χ0v) is 13.9. The molecule has 134 valence electrons. The number of nitrogens with zero attached hydrogens (tertiary/aromatic N) is 2. The number of aliphatic carboxylic acids is 1. The summed E-state index contributed by atoms with van der Waals surface area (Å²) in [5.41, 5.74) is 0.315. The number of oxime groups is 1. The van der Waals surface area contributed by atoms with E-state index in [1.165, 1.54) is 20.1 Å². The molecule has 1 aromatic heterocycles. The van der Waals surface area contributed by atoms with Crippen molar-refractivity contribution in [1.29, 1.82) is 0 Å². The lowest BCUT2D eigenvalue weighted by molar-refractivity contribution is -0.137. The van der Waals surface area contributed by atoms with Gasteiger partial charge in [0.05, 0.1) is 4.88 Å². The molecule has 0 amide bonds. The summed E-state index contributed by atoms with van der Waals surface area (Å²) in [4.78, 5) is 19.5. The minimum absolute atomic E-state index is 0.146. The Balaban J connectivity index is 2.27. The molecule has 2 rings (SSSR count). The highest BCUT2D eigenvalue weighted by atomic mass is 32.1. The van der Waals surface area contributed by atoms with Crippen molar-refractivity contribution in [3.8, 4) is 5.88 Å². The van der Waals surface area contributed by atoms with Gasteiger partial charge in [0.1, 0.15) is 13.7 Å². The van der Waals surface area contributed by atoms with Crippen LogP contribution in [0.15, 0.2) is 29.4 Å². The van der Waals surface area contributed by atoms with Crippen LogP contribution in [0, 0.1) is 6.92 Å². The first-order valence-electron chi connectivity index (χ1n) is 6.84. The molecule has 25 heavy (non-hydrogen) atoms. The van der Waals surface area contributed by atoms with Gasteiger partial charge in [-0.1, -0.05) is 29.4 Å². The van der Waals surface area contributed by atoms with Gasteiger partial charge in [-0.25, -0.2) is 4.79 Å². The molecule has 0 atom stereocenters. The molecule has 0 saturated carbocycles. The molecule has 0 radical (unpaired) electrons. The fraction of sp³-hybridized carbons (Fsp3) is 0.267. The Morgan fingerprint density at radius 2 is 2.04 bits per heavy atom. The lowest BCUT2D eigenvalue weighted by Gasteiger charge is -2.10. The number of halogens is 3. The minimum Gasteiger partial charge on any atom is -0.476 e. The smallest absolute Gasteiger partial charge is 0.443 e. The topological polar surface area (TPSA) is 81.0 Å². The van der Waals surface area contributed by atoms with Crippen LogP contribution in [0.4, 0.5) is 13.2 Å². The Morgan fingerprint density at radius 1 is 1.36 bits per heavy atom. The number of alkyl halides is 3. The Labute approximate surface area is 144 Å². The van der Waals surface area contributed by atoms with Crippen LogP contribution in [-0.4, -0.2) is 28.9 Å². The van der Waals surface area contributed by atoms with Crippen LogP contribution in [0.2, 0.25) is 0 Å². The molecular weight excluding hydrogens is 361 g/mol. The molecule has 0 aliphatic heterocycles. The SMILES string of the molecule is CON=C(C(=O)O)c1ccccc1COc1nc(C(F)(F)F)sc1C. The zero-order chi connectivity index (χ0) is 18.6. The molecular formula is C15H13F3N2O4S. The minimum atomic E-state index is -4.55. The van der Waals surface area contributed by atoms with Crippen LogP contribution in [0.25, 0.3) is 0 Å². The Hall–Kier alpha value is -2.62. The number of ether oxygens (including phenoxy) is 1. The van der Waals surface area contributed by atoms with Crippen molar-refractivity contribution in [1.82, 2.24) is 4.98 Å². The van der Waals surface area contributed by atoms with Crippen molar-refractivity contribution in [2.75, 3.05) is 7.11 Å². The van der Waals surface area contributed by atoms with E-state index in [1.807, 2.05) is 0 Å². The molecule has 1 heterocycles. The number of aryl methyl sites for hydroxylation is 1. The van der Waals surface area contributed by atoms with Crippen LogP contribution in [0.3, 0.4) is 0 Å². The van der Waals surface area contributed by atoms with E-state index in [0.29, 0.717) is 16.9 Å². The molecule has 2 aromatic rings. The summed E-state index contributed by atoms with van der Waals surface area (Å²) in [5.74, 6) is -1.45. The number of carbonyl (C=O) groups is 1. The third kappa shape index (κ3) is 4.47. The van der Waals surface area contributed by atoms with Crippen LogP contribution in [-0.2, 0) is 22.4 Å². The van der Waals surface area contributed by atoms with Crippen LogP contribution in [0.1, 0.15) is 21.0 Å². The van der Waals surface area contributed by atoms with Crippen LogP contribution in [0.5, 0.6) is 5.88 Å². The predicted octanol–water partition coefficient (Wildman–Crippen LogP) is 3.48. The maximum absolute atomic E-state index is 12.7. The predicted molar refractivity (Wildman–Crippen MR) is 83.8 cm³/mol. The van der Waals surface area contributed by atoms with E-state index in [4.69, 9.17) is 4.74 Å². The number of rotatable bonds is 6. The third-order valence-corrected chi connectivity index (χ3v) is 4.02. The molecule has 0 bridgehead atoms. The summed E-state index contributed by atoms with van der Waals surface area (Å²) in [5, 5.41) is 11.7. The summed E-state index contributed by atoms with van der Waals surface area (Å²) in [7, 11) is 1.21. The Bertz CT molecular complexity index is 802. The average molecular weight is 374 g/mol. The van der Waals surface area contributed by atoms with E-state index in [1.54, 1.807) is 18.2 Å². The second-order valence-corrected chi connectivity index (χ2v) is 5.95. The van der Waals surface area contributed by atoms with Crippen molar-refractivity contribution < 1.29 is 32.6 Å². The zero-order valence-electron chi connectivity index (χ0n) is 13.1. The van der Waals surface area contributed by atoms with E-state index < -0.39 is 17.2 Å². The first-order valence-corrected chi connectivity index (χ1v) is 7.65. The van der Waals surface area contributed by atoms with Crippen LogP contribution >= 0.6 is 11.3 Å². The van der Waals surface area contributed by atoms with Gasteiger partial charge in [-0.15, -0.1) is 11.3 Å². The molecule has 0 unspecified atom stereocenters.